The number of aliphatic imine (C=N–C) groups is 1. The first kappa shape index (κ1) is 28.5. The van der Waals surface area contributed by atoms with Crippen molar-refractivity contribution in [2.75, 3.05) is 0 Å². The molecule has 0 unspecified atom stereocenters. The summed E-state index contributed by atoms with van der Waals surface area (Å²) in [7, 11) is 0. The molecule has 2 aliphatic rings. The largest absolute Gasteiger partial charge is 0.327 e. The minimum atomic E-state index is -0.304. The van der Waals surface area contributed by atoms with E-state index >= 15 is 0 Å². The monoisotopic (exact) mass is 568 g/mol. The van der Waals surface area contributed by atoms with Gasteiger partial charge in [-0.05, 0) is 47.9 Å². The average Bonchev–Trinajstić information content (AvgIpc) is 3.39. The Labute approximate surface area is 252 Å². The molecule has 0 aliphatic heterocycles. The number of rotatable bonds is 8. The topological polar surface area (TPSA) is 88.1 Å². The number of nitrogens with zero attached hydrogens (tertiary/aromatic N) is 4. The van der Waals surface area contributed by atoms with Crippen molar-refractivity contribution in [2.24, 2.45) is 16.8 Å². The van der Waals surface area contributed by atoms with E-state index in [9.17, 15) is 14.9 Å². The zero-order valence-electron chi connectivity index (χ0n) is 24.6. The molecule has 1 saturated carbocycles. The summed E-state index contributed by atoms with van der Waals surface area (Å²) in [6, 6.07) is 23.0. The van der Waals surface area contributed by atoms with Crippen molar-refractivity contribution in [3.63, 3.8) is 0 Å². The molecular weight excluding hydrogens is 532 g/mol. The van der Waals surface area contributed by atoms with Gasteiger partial charge in [-0.25, -0.2) is 9.98 Å². The van der Waals surface area contributed by atoms with Crippen LogP contribution in [0.3, 0.4) is 0 Å². The second-order valence-corrected chi connectivity index (χ2v) is 11.7. The fourth-order valence-electron chi connectivity index (χ4n) is 6.53. The van der Waals surface area contributed by atoms with Crippen molar-refractivity contribution in [3.8, 4) is 17.2 Å². The van der Waals surface area contributed by atoms with E-state index in [2.05, 4.69) is 52.9 Å². The maximum absolute atomic E-state index is 13.1. The van der Waals surface area contributed by atoms with E-state index in [0.717, 1.165) is 102 Å². The molecule has 0 saturated heterocycles. The number of hydrogen-bond donors (Lipinski definition) is 0. The van der Waals surface area contributed by atoms with Crippen LogP contribution in [0.15, 0.2) is 71.7 Å². The average molecular weight is 569 g/mol. The number of aryl methyl sites for hydroxylation is 1. The number of amides is 1. The van der Waals surface area contributed by atoms with Crippen LogP contribution in [0.5, 0.6) is 0 Å². The number of carbonyl (C=O) groups excluding carboxylic acids is 2. The van der Waals surface area contributed by atoms with E-state index in [1.807, 2.05) is 42.5 Å². The highest BCUT2D eigenvalue weighted by molar-refractivity contribution is 6.07. The fraction of sp³-hybridized carbons (Fsp3) is 0.324. The zero-order chi connectivity index (χ0) is 29.8. The Morgan fingerprint density at radius 3 is 2.67 bits per heavy atom. The van der Waals surface area contributed by atoms with Gasteiger partial charge in [-0.15, -0.1) is 0 Å². The van der Waals surface area contributed by atoms with E-state index in [-0.39, 0.29) is 17.7 Å². The highest BCUT2D eigenvalue weighted by Gasteiger charge is 2.31. The number of benzene rings is 3. The Hall–Kier alpha value is -4.63. The lowest BCUT2D eigenvalue weighted by atomic mass is 9.79. The summed E-state index contributed by atoms with van der Waals surface area (Å²) < 4.78 is 2.29. The Morgan fingerprint density at radius 1 is 1.07 bits per heavy atom. The highest BCUT2D eigenvalue weighted by Crippen LogP contribution is 2.32. The van der Waals surface area contributed by atoms with Gasteiger partial charge in [0, 0.05) is 42.2 Å². The van der Waals surface area contributed by atoms with Gasteiger partial charge in [-0.2, -0.15) is 5.26 Å². The number of aromatic nitrogens is 2. The van der Waals surface area contributed by atoms with E-state index in [4.69, 9.17) is 4.98 Å². The number of nitriles is 1. The summed E-state index contributed by atoms with van der Waals surface area (Å²) >= 11 is 0. The summed E-state index contributed by atoms with van der Waals surface area (Å²) in [6.07, 6.45) is 11.8. The summed E-state index contributed by atoms with van der Waals surface area (Å²) in [5.74, 6) is 0.351. The van der Waals surface area contributed by atoms with Crippen LogP contribution >= 0.6 is 0 Å². The number of allylic oxidation sites excluding steroid dienone is 1. The lowest BCUT2D eigenvalue weighted by Crippen LogP contribution is -2.28. The maximum atomic E-state index is 13.1. The molecule has 0 N–H and O–H groups in total. The van der Waals surface area contributed by atoms with Crippen LogP contribution in [0.25, 0.3) is 28.0 Å². The van der Waals surface area contributed by atoms with Gasteiger partial charge in [0.25, 0.3) is 0 Å². The SMILES string of the molecule is CCCCc1nc2c(n1Cc1ccc(-c3ccc4ccccc4c3C#N)cc1)CC(=NC(=O)[C@@H]1CCCC[C@@H]1C=O)C=C2. The predicted molar refractivity (Wildman–Crippen MR) is 171 cm³/mol. The molecule has 6 nitrogen and oxygen atoms in total. The van der Waals surface area contributed by atoms with E-state index in [0.29, 0.717) is 18.5 Å². The number of fused-ring (bicyclic) bond motifs is 2. The van der Waals surface area contributed by atoms with Gasteiger partial charge in [0.15, 0.2) is 0 Å². The molecule has 1 aromatic heterocycles. The van der Waals surface area contributed by atoms with Gasteiger partial charge in [0.05, 0.1) is 22.7 Å². The standard InChI is InChI=1S/C37H36N4O2/c1-2-3-12-36-40-34-20-18-29(39-37(43)32-11-7-5-9-28(32)24-42)21-35(34)41(36)23-25-13-15-27(16-14-25)31-19-17-26-8-4-6-10-30(26)33(31)22-38/h4,6,8,10,13-20,24,28,32H,2-3,5,7,9,11-12,21,23H2,1H3/t28-,32-/m1/s1. The van der Waals surface area contributed by atoms with E-state index in [1.165, 1.54) is 0 Å². The molecule has 6 rings (SSSR count). The number of carbonyl (C=O) groups is 2. The summed E-state index contributed by atoms with van der Waals surface area (Å²) in [5.41, 5.74) is 6.51. The third-order valence-electron chi connectivity index (χ3n) is 8.93. The van der Waals surface area contributed by atoms with Crippen molar-refractivity contribution in [3.05, 3.63) is 95.1 Å². The smallest absolute Gasteiger partial charge is 0.249 e. The second-order valence-electron chi connectivity index (χ2n) is 11.7. The third kappa shape index (κ3) is 5.85. The molecule has 1 amide bonds. The molecule has 6 heteroatoms. The molecule has 2 atom stereocenters. The summed E-state index contributed by atoms with van der Waals surface area (Å²) in [5, 5.41) is 12.0. The molecular formula is C37H36N4O2. The molecule has 3 aromatic carbocycles. The van der Waals surface area contributed by atoms with Gasteiger partial charge in [0.2, 0.25) is 5.91 Å². The molecule has 4 aromatic rings. The van der Waals surface area contributed by atoms with Crippen LogP contribution < -0.4 is 0 Å². The first-order valence-electron chi connectivity index (χ1n) is 15.4. The third-order valence-corrected chi connectivity index (χ3v) is 8.93. The minimum absolute atomic E-state index is 0.168. The molecule has 1 fully saturated rings. The van der Waals surface area contributed by atoms with E-state index in [1.54, 1.807) is 0 Å². The lowest BCUT2D eigenvalue weighted by molar-refractivity contribution is -0.128. The van der Waals surface area contributed by atoms with Crippen LogP contribution in [-0.4, -0.2) is 27.5 Å². The first-order chi connectivity index (χ1) is 21.1. The molecule has 0 bridgehead atoms. The molecule has 1 heterocycles. The quantitative estimate of drug-likeness (QED) is 0.206. The van der Waals surface area contributed by atoms with Crippen LogP contribution in [0.1, 0.15) is 73.8 Å². The Morgan fingerprint density at radius 2 is 1.88 bits per heavy atom. The highest BCUT2D eigenvalue weighted by atomic mass is 16.1. The van der Waals surface area contributed by atoms with Gasteiger partial charge in [-0.1, -0.05) is 86.8 Å². The van der Waals surface area contributed by atoms with Gasteiger partial charge >= 0.3 is 0 Å². The van der Waals surface area contributed by atoms with Crippen molar-refractivity contribution < 1.29 is 9.59 Å². The molecule has 0 radical (unpaired) electrons. The summed E-state index contributed by atoms with van der Waals surface area (Å²) in [4.78, 5) is 34.2. The van der Waals surface area contributed by atoms with Crippen molar-refractivity contribution >= 4 is 34.8 Å². The number of imidazole rings is 1. The fourth-order valence-corrected chi connectivity index (χ4v) is 6.53. The molecule has 216 valence electrons. The van der Waals surface area contributed by atoms with Gasteiger partial charge < -0.3 is 9.36 Å². The van der Waals surface area contributed by atoms with Crippen LogP contribution in [-0.2, 0) is 29.0 Å². The second kappa shape index (κ2) is 12.7. The predicted octanol–water partition coefficient (Wildman–Crippen LogP) is 7.51. The Balaban J connectivity index is 1.27. The number of aldehydes is 1. The minimum Gasteiger partial charge on any atom is -0.327 e. The normalized spacial score (nSPS) is 18.8. The Bertz CT molecular complexity index is 1770. The lowest BCUT2D eigenvalue weighted by Gasteiger charge is -2.25. The zero-order valence-corrected chi connectivity index (χ0v) is 24.6. The Kier molecular flexibility index (Phi) is 8.42. The van der Waals surface area contributed by atoms with Gasteiger partial charge in [0.1, 0.15) is 18.2 Å². The van der Waals surface area contributed by atoms with Crippen LogP contribution in [0.2, 0.25) is 0 Å². The van der Waals surface area contributed by atoms with Crippen molar-refractivity contribution in [1.82, 2.24) is 9.55 Å². The molecule has 43 heavy (non-hydrogen) atoms. The molecule has 0 spiro atoms. The number of hydrogen-bond acceptors (Lipinski definition) is 4. The van der Waals surface area contributed by atoms with E-state index < -0.39 is 0 Å². The van der Waals surface area contributed by atoms with Crippen LogP contribution in [0, 0.1) is 23.2 Å². The van der Waals surface area contributed by atoms with Gasteiger partial charge in [-0.3, -0.25) is 4.79 Å². The number of unbranched alkanes of at least 4 members (excludes halogenated alkanes) is 1. The first-order valence-corrected chi connectivity index (χ1v) is 15.4. The molecule has 2 aliphatic carbocycles. The van der Waals surface area contributed by atoms with Crippen molar-refractivity contribution in [2.45, 2.75) is 64.8 Å². The van der Waals surface area contributed by atoms with Crippen molar-refractivity contribution in [1.29, 1.82) is 5.26 Å². The van der Waals surface area contributed by atoms with Crippen LogP contribution in [0.4, 0.5) is 0 Å². The summed E-state index contributed by atoms with van der Waals surface area (Å²) in [6.45, 7) is 2.84. The maximum Gasteiger partial charge on any atom is 0.249 e.